The van der Waals surface area contributed by atoms with Crippen molar-refractivity contribution >= 4 is 21.6 Å². The molecule has 0 aliphatic rings. The van der Waals surface area contributed by atoms with E-state index in [-0.39, 0.29) is 6.04 Å². The van der Waals surface area contributed by atoms with Crippen LogP contribution >= 0.6 is 11.3 Å². The van der Waals surface area contributed by atoms with Crippen molar-refractivity contribution in [2.24, 2.45) is 0 Å². The maximum absolute atomic E-state index is 4.71. The monoisotopic (exact) mass is 298 g/mol. The van der Waals surface area contributed by atoms with Crippen LogP contribution in [0.3, 0.4) is 0 Å². The van der Waals surface area contributed by atoms with Gasteiger partial charge in [-0.1, -0.05) is 19.1 Å². The smallest absolute Gasteiger partial charge is 0.0958 e. The minimum atomic E-state index is 0.156. The summed E-state index contributed by atoms with van der Waals surface area (Å²) in [5.74, 6) is 0. The van der Waals surface area contributed by atoms with Gasteiger partial charge in [-0.25, -0.2) is 4.98 Å². The highest BCUT2D eigenvalue weighted by atomic mass is 32.1. The minimum absolute atomic E-state index is 0.156. The largest absolute Gasteiger partial charge is 0.309 e. The molecule has 2 heterocycles. The van der Waals surface area contributed by atoms with E-state index in [0.717, 1.165) is 34.9 Å². The lowest BCUT2D eigenvalue weighted by molar-refractivity contribution is 0.533. The van der Waals surface area contributed by atoms with E-state index in [2.05, 4.69) is 40.4 Å². The minimum Gasteiger partial charge on any atom is -0.309 e. The molecule has 0 saturated carbocycles. The Bertz CT molecular complexity index is 687. The van der Waals surface area contributed by atoms with Gasteiger partial charge in [-0.2, -0.15) is 0 Å². The van der Waals surface area contributed by atoms with Crippen molar-refractivity contribution in [2.45, 2.75) is 26.3 Å². The number of aryl methyl sites for hydroxylation is 1. The van der Waals surface area contributed by atoms with E-state index < -0.39 is 0 Å². The Kier molecular flexibility index (Phi) is 4.22. The summed E-state index contributed by atoms with van der Waals surface area (Å²) in [6.45, 7) is 4.95. The van der Waals surface area contributed by atoms with E-state index in [1.54, 1.807) is 11.3 Å². The van der Waals surface area contributed by atoms with Crippen LogP contribution in [0.25, 0.3) is 10.2 Å². The molecule has 0 saturated heterocycles. The number of nitrogens with one attached hydrogen (secondary N) is 1. The van der Waals surface area contributed by atoms with Crippen molar-refractivity contribution in [2.75, 3.05) is 6.54 Å². The molecule has 0 aliphatic heterocycles. The van der Waals surface area contributed by atoms with Gasteiger partial charge in [0.15, 0.2) is 0 Å². The second-order valence-corrected chi connectivity index (χ2v) is 6.09. The Labute approximate surface area is 128 Å². The third kappa shape index (κ3) is 3.25. The molecule has 1 N–H and O–H groups in total. The third-order valence-corrected chi connectivity index (χ3v) is 4.38. The maximum atomic E-state index is 4.71. The summed E-state index contributed by atoms with van der Waals surface area (Å²) in [6, 6.07) is 8.41. The number of rotatable bonds is 5. The number of hydrogen-bond donors (Lipinski definition) is 1. The van der Waals surface area contributed by atoms with E-state index in [4.69, 9.17) is 4.98 Å². The lowest BCUT2D eigenvalue weighted by atomic mass is 10.1. The molecular weight excluding hydrogens is 280 g/mol. The highest BCUT2D eigenvalue weighted by Crippen LogP contribution is 2.25. The van der Waals surface area contributed by atoms with Crippen LogP contribution < -0.4 is 5.32 Å². The van der Waals surface area contributed by atoms with Crippen LogP contribution in [-0.4, -0.2) is 21.5 Å². The molecule has 0 aliphatic carbocycles. The number of aromatic nitrogens is 3. The number of fused-ring (bicyclic) bond motifs is 1. The number of para-hydroxylation sites is 1. The molecule has 0 bridgehead atoms. The van der Waals surface area contributed by atoms with E-state index in [0.29, 0.717) is 0 Å². The summed E-state index contributed by atoms with van der Waals surface area (Å²) in [4.78, 5) is 13.6. The van der Waals surface area contributed by atoms with Gasteiger partial charge in [0.1, 0.15) is 0 Å². The Balaban J connectivity index is 1.85. The molecule has 3 aromatic rings. The molecular formula is C16H18N4S. The number of thiazole rings is 1. The molecule has 5 heteroatoms. The summed E-state index contributed by atoms with van der Waals surface area (Å²) >= 11 is 1.75. The second-order valence-electron chi connectivity index (χ2n) is 4.97. The predicted octanol–water partition coefficient (Wildman–Crippen LogP) is 3.29. The van der Waals surface area contributed by atoms with Crippen LogP contribution in [-0.2, 0) is 6.42 Å². The molecule has 1 unspecified atom stereocenters. The maximum Gasteiger partial charge on any atom is 0.0958 e. The van der Waals surface area contributed by atoms with Gasteiger partial charge >= 0.3 is 0 Å². The Hall–Kier alpha value is -1.85. The number of benzene rings is 1. The van der Waals surface area contributed by atoms with Gasteiger partial charge in [-0.3, -0.25) is 9.97 Å². The van der Waals surface area contributed by atoms with Crippen LogP contribution in [0.15, 0.2) is 36.7 Å². The zero-order valence-corrected chi connectivity index (χ0v) is 13.0. The van der Waals surface area contributed by atoms with Crippen molar-refractivity contribution < 1.29 is 0 Å². The Morgan fingerprint density at radius 1 is 1.19 bits per heavy atom. The molecule has 3 rings (SSSR count). The van der Waals surface area contributed by atoms with Gasteiger partial charge in [-0.15, -0.1) is 11.3 Å². The molecule has 0 fully saturated rings. The van der Waals surface area contributed by atoms with Gasteiger partial charge in [0.2, 0.25) is 0 Å². The van der Waals surface area contributed by atoms with Gasteiger partial charge in [0.25, 0.3) is 0 Å². The lowest BCUT2D eigenvalue weighted by Gasteiger charge is -2.15. The normalized spacial score (nSPS) is 12.7. The summed E-state index contributed by atoms with van der Waals surface area (Å²) in [5, 5.41) is 4.60. The fourth-order valence-corrected chi connectivity index (χ4v) is 3.30. The number of nitrogens with zero attached hydrogens (tertiary/aromatic N) is 3. The first kappa shape index (κ1) is 14.1. The summed E-state index contributed by atoms with van der Waals surface area (Å²) in [7, 11) is 0. The summed E-state index contributed by atoms with van der Waals surface area (Å²) < 4.78 is 1.23. The van der Waals surface area contributed by atoms with Gasteiger partial charge in [-0.05, 0) is 25.6 Å². The average Bonchev–Trinajstić information content (AvgIpc) is 2.90. The average molecular weight is 298 g/mol. The first-order chi connectivity index (χ1) is 10.3. The fourth-order valence-electron chi connectivity index (χ4n) is 2.29. The SMILES string of the molecule is CCNC(Cc1nc2ccccc2s1)c1cnc(C)cn1. The van der Waals surface area contributed by atoms with E-state index in [1.165, 1.54) is 4.70 Å². The lowest BCUT2D eigenvalue weighted by Crippen LogP contribution is -2.24. The van der Waals surface area contributed by atoms with Gasteiger partial charge in [0.05, 0.1) is 38.9 Å². The highest BCUT2D eigenvalue weighted by molar-refractivity contribution is 7.18. The van der Waals surface area contributed by atoms with Gasteiger partial charge in [0, 0.05) is 12.6 Å². The Morgan fingerprint density at radius 2 is 2.05 bits per heavy atom. The van der Waals surface area contributed by atoms with Crippen LogP contribution in [0.5, 0.6) is 0 Å². The van der Waals surface area contributed by atoms with Crippen molar-refractivity contribution in [3.05, 3.63) is 53.1 Å². The molecule has 0 spiro atoms. The molecule has 1 atom stereocenters. The molecule has 2 aromatic heterocycles. The molecule has 4 nitrogen and oxygen atoms in total. The highest BCUT2D eigenvalue weighted by Gasteiger charge is 2.15. The van der Waals surface area contributed by atoms with E-state index in [9.17, 15) is 0 Å². The number of hydrogen-bond acceptors (Lipinski definition) is 5. The van der Waals surface area contributed by atoms with Crippen molar-refractivity contribution in [1.82, 2.24) is 20.3 Å². The van der Waals surface area contributed by atoms with Gasteiger partial charge < -0.3 is 5.32 Å². The van der Waals surface area contributed by atoms with Crippen molar-refractivity contribution in [3.63, 3.8) is 0 Å². The standard InChI is InChI=1S/C16H18N4S/c1-3-17-13(14-10-18-11(2)9-19-14)8-16-20-12-6-4-5-7-15(12)21-16/h4-7,9-10,13,17H,3,8H2,1-2H3. The first-order valence-electron chi connectivity index (χ1n) is 7.12. The zero-order chi connectivity index (χ0) is 14.7. The third-order valence-electron chi connectivity index (χ3n) is 3.33. The molecule has 0 amide bonds. The fraction of sp³-hybridized carbons (Fsp3) is 0.312. The topological polar surface area (TPSA) is 50.7 Å². The van der Waals surface area contributed by atoms with Crippen molar-refractivity contribution in [1.29, 1.82) is 0 Å². The van der Waals surface area contributed by atoms with E-state index in [1.807, 2.05) is 25.4 Å². The summed E-state index contributed by atoms with van der Waals surface area (Å²) in [6.07, 6.45) is 4.51. The second kappa shape index (κ2) is 6.28. The van der Waals surface area contributed by atoms with Crippen LogP contribution in [0.2, 0.25) is 0 Å². The Morgan fingerprint density at radius 3 is 2.76 bits per heavy atom. The zero-order valence-electron chi connectivity index (χ0n) is 12.2. The summed E-state index contributed by atoms with van der Waals surface area (Å²) in [5.41, 5.74) is 2.98. The molecule has 108 valence electrons. The molecule has 0 radical (unpaired) electrons. The van der Waals surface area contributed by atoms with Crippen LogP contribution in [0.1, 0.15) is 29.4 Å². The van der Waals surface area contributed by atoms with Crippen LogP contribution in [0, 0.1) is 6.92 Å². The predicted molar refractivity (Wildman–Crippen MR) is 86.5 cm³/mol. The quantitative estimate of drug-likeness (QED) is 0.785. The molecule has 21 heavy (non-hydrogen) atoms. The van der Waals surface area contributed by atoms with Crippen molar-refractivity contribution in [3.8, 4) is 0 Å². The van der Waals surface area contributed by atoms with E-state index >= 15 is 0 Å². The number of likely N-dealkylation sites (N-methyl/N-ethyl adjacent to an activating group) is 1. The first-order valence-corrected chi connectivity index (χ1v) is 7.94. The molecule has 1 aromatic carbocycles. The van der Waals surface area contributed by atoms with Crippen LogP contribution in [0.4, 0.5) is 0 Å².